The minimum atomic E-state index is 1.17. The Kier molecular flexibility index (Phi) is 5.54. The molecule has 0 amide bonds. The Morgan fingerprint density at radius 1 is 0.273 bits per heavy atom. The fourth-order valence-corrected chi connectivity index (χ4v) is 6.94. The number of aromatic nitrogens is 2. The standard InChI is InChI=1S/C42H28N2/c1-2-11-32(12-3-1)44-41-20-9-6-15-37(41)38-17-10-16-34(42(38)44)31-23-21-29(22-24-31)30-25-27-33(28-26-30)43-39-18-7-4-13-35(39)36-14-5-8-19-40(36)43/h1-28H. The van der Waals surface area contributed by atoms with Crippen LogP contribution in [0.25, 0.3) is 77.2 Å². The minimum Gasteiger partial charge on any atom is -0.309 e. The minimum absolute atomic E-state index is 1.17. The van der Waals surface area contributed by atoms with Crippen LogP contribution >= 0.6 is 0 Å². The van der Waals surface area contributed by atoms with Crippen molar-refractivity contribution >= 4 is 43.6 Å². The molecule has 2 nitrogen and oxygen atoms in total. The van der Waals surface area contributed by atoms with Crippen molar-refractivity contribution in [1.29, 1.82) is 0 Å². The first-order valence-electron chi connectivity index (χ1n) is 15.1. The number of fused-ring (bicyclic) bond motifs is 6. The molecular weight excluding hydrogens is 532 g/mol. The van der Waals surface area contributed by atoms with Gasteiger partial charge in [-0.3, -0.25) is 0 Å². The predicted molar refractivity (Wildman–Crippen MR) is 186 cm³/mol. The summed E-state index contributed by atoms with van der Waals surface area (Å²) in [6, 6.07) is 61.3. The molecule has 0 fully saturated rings. The summed E-state index contributed by atoms with van der Waals surface area (Å²) in [4.78, 5) is 0. The largest absolute Gasteiger partial charge is 0.309 e. The number of para-hydroxylation sites is 5. The lowest BCUT2D eigenvalue weighted by molar-refractivity contribution is 1.18. The highest BCUT2D eigenvalue weighted by atomic mass is 15.0. The Morgan fingerprint density at radius 2 is 0.705 bits per heavy atom. The van der Waals surface area contributed by atoms with Crippen molar-refractivity contribution in [3.63, 3.8) is 0 Å². The van der Waals surface area contributed by atoms with Crippen molar-refractivity contribution in [3.05, 3.63) is 170 Å². The molecule has 0 aliphatic rings. The summed E-state index contributed by atoms with van der Waals surface area (Å²) in [7, 11) is 0. The van der Waals surface area contributed by atoms with Gasteiger partial charge in [0, 0.05) is 38.5 Å². The second-order valence-corrected chi connectivity index (χ2v) is 11.4. The van der Waals surface area contributed by atoms with Gasteiger partial charge in [-0.25, -0.2) is 0 Å². The van der Waals surface area contributed by atoms with Gasteiger partial charge in [-0.2, -0.15) is 0 Å². The molecule has 206 valence electrons. The zero-order valence-corrected chi connectivity index (χ0v) is 24.1. The van der Waals surface area contributed by atoms with Crippen molar-refractivity contribution in [2.75, 3.05) is 0 Å². The number of rotatable bonds is 4. The molecular formula is C42H28N2. The Morgan fingerprint density at radius 3 is 1.32 bits per heavy atom. The quantitative estimate of drug-likeness (QED) is 0.203. The van der Waals surface area contributed by atoms with E-state index in [9.17, 15) is 0 Å². The summed E-state index contributed by atoms with van der Waals surface area (Å²) in [6.07, 6.45) is 0. The van der Waals surface area contributed by atoms with E-state index in [1.165, 1.54) is 77.2 Å². The van der Waals surface area contributed by atoms with Crippen LogP contribution in [0.15, 0.2) is 170 Å². The van der Waals surface area contributed by atoms with Gasteiger partial charge in [0.15, 0.2) is 0 Å². The third-order valence-electron chi connectivity index (χ3n) is 8.94. The van der Waals surface area contributed by atoms with Crippen LogP contribution < -0.4 is 0 Å². The molecule has 0 radical (unpaired) electrons. The zero-order valence-electron chi connectivity index (χ0n) is 24.1. The van der Waals surface area contributed by atoms with Crippen molar-refractivity contribution in [1.82, 2.24) is 9.13 Å². The van der Waals surface area contributed by atoms with Gasteiger partial charge < -0.3 is 9.13 Å². The van der Waals surface area contributed by atoms with Crippen molar-refractivity contribution in [2.24, 2.45) is 0 Å². The van der Waals surface area contributed by atoms with Crippen molar-refractivity contribution in [3.8, 4) is 33.6 Å². The topological polar surface area (TPSA) is 9.86 Å². The number of hydrogen-bond acceptors (Lipinski definition) is 0. The molecule has 0 saturated carbocycles. The van der Waals surface area contributed by atoms with Crippen LogP contribution in [-0.4, -0.2) is 9.13 Å². The van der Waals surface area contributed by atoms with E-state index in [2.05, 4.69) is 179 Å². The Hall–Kier alpha value is -5.86. The van der Waals surface area contributed by atoms with Gasteiger partial charge in [0.2, 0.25) is 0 Å². The van der Waals surface area contributed by atoms with Gasteiger partial charge in [0.1, 0.15) is 0 Å². The van der Waals surface area contributed by atoms with E-state index in [1.807, 2.05) is 0 Å². The van der Waals surface area contributed by atoms with Gasteiger partial charge in [0.25, 0.3) is 0 Å². The zero-order chi connectivity index (χ0) is 29.0. The molecule has 2 aromatic heterocycles. The molecule has 7 aromatic carbocycles. The smallest absolute Gasteiger partial charge is 0.0619 e. The molecule has 0 spiro atoms. The molecule has 0 atom stereocenters. The lowest BCUT2D eigenvalue weighted by atomic mass is 9.98. The first-order chi connectivity index (χ1) is 21.8. The van der Waals surface area contributed by atoms with Crippen LogP contribution in [0.4, 0.5) is 0 Å². The van der Waals surface area contributed by atoms with Gasteiger partial charge in [-0.15, -0.1) is 0 Å². The monoisotopic (exact) mass is 560 g/mol. The maximum Gasteiger partial charge on any atom is 0.0619 e. The lowest BCUT2D eigenvalue weighted by Crippen LogP contribution is -1.95. The van der Waals surface area contributed by atoms with Crippen LogP contribution in [0.1, 0.15) is 0 Å². The fourth-order valence-electron chi connectivity index (χ4n) is 6.94. The molecule has 0 aliphatic heterocycles. The molecule has 2 heteroatoms. The fraction of sp³-hybridized carbons (Fsp3) is 0. The number of nitrogens with zero attached hydrogens (tertiary/aromatic N) is 2. The SMILES string of the molecule is c1ccc(-n2c3ccccc3c3cccc(-c4ccc(-c5ccc(-n6c7ccccc7c7ccccc76)cc5)cc4)c32)cc1. The molecule has 2 heterocycles. The molecule has 0 N–H and O–H groups in total. The molecule has 9 rings (SSSR count). The molecule has 0 unspecified atom stereocenters. The van der Waals surface area contributed by atoms with Crippen LogP contribution in [0.3, 0.4) is 0 Å². The summed E-state index contributed by atoms with van der Waals surface area (Å²) < 4.78 is 4.77. The maximum atomic E-state index is 2.40. The van der Waals surface area contributed by atoms with E-state index < -0.39 is 0 Å². The van der Waals surface area contributed by atoms with Crippen LogP contribution in [0.5, 0.6) is 0 Å². The van der Waals surface area contributed by atoms with Crippen molar-refractivity contribution in [2.45, 2.75) is 0 Å². The summed E-state index contributed by atoms with van der Waals surface area (Å²) in [5.41, 5.74) is 12.1. The highest BCUT2D eigenvalue weighted by molar-refractivity contribution is 6.14. The summed E-state index contributed by atoms with van der Waals surface area (Å²) >= 11 is 0. The number of hydrogen-bond donors (Lipinski definition) is 0. The number of benzene rings is 7. The van der Waals surface area contributed by atoms with Crippen molar-refractivity contribution < 1.29 is 0 Å². The third-order valence-corrected chi connectivity index (χ3v) is 8.94. The highest BCUT2D eigenvalue weighted by Gasteiger charge is 2.16. The normalized spacial score (nSPS) is 11.6. The first-order valence-corrected chi connectivity index (χ1v) is 15.1. The molecule has 0 aliphatic carbocycles. The molecule has 44 heavy (non-hydrogen) atoms. The van der Waals surface area contributed by atoms with E-state index in [0.717, 1.165) is 0 Å². The van der Waals surface area contributed by atoms with Gasteiger partial charge >= 0.3 is 0 Å². The first kappa shape index (κ1) is 24.7. The van der Waals surface area contributed by atoms with E-state index in [4.69, 9.17) is 0 Å². The van der Waals surface area contributed by atoms with E-state index in [-0.39, 0.29) is 0 Å². The lowest BCUT2D eigenvalue weighted by Gasteiger charge is -2.12. The highest BCUT2D eigenvalue weighted by Crippen LogP contribution is 2.39. The summed E-state index contributed by atoms with van der Waals surface area (Å²) in [6.45, 7) is 0. The average Bonchev–Trinajstić information content (AvgIpc) is 3.62. The molecule has 0 bridgehead atoms. The maximum absolute atomic E-state index is 2.40. The van der Waals surface area contributed by atoms with Crippen LogP contribution in [-0.2, 0) is 0 Å². The Labute approximate surface area is 255 Å². The molecule has 9 aromatic rings. The second kappa shape index (κ2) is 9.86. The van der Waals surface area contributed by atoms with Gasteiger partial charge in [-0.1, -0.05) is 127 Å². The van der Waals surface area contributed by atoms with E-state index >= 15 is 0 Å². The van der Waals surface area contributed by atoms with Crippen LogP contribution in [0, 0.1) is 0 Å². The summed E-state index contributed by atoms with van der Waals surface area (Å²) in [5, 5.41) is 5.10. The second-order valence-electron chi connectivity index (χ2n) is 11.4. The third kappa shape index (κ3) is 3.75. The van der Waals surface area contributed by atoms with E-state index in [1.54, 1.807) is 0 Å². The van der Waals surface area contributed by atoms with Gasteiger partial charge in [0.05, 0.1) is 22.1 Å². The van der Waals surface area contributed by atoms with Gasteiger partial charge in [-0.05, 0) is 59.2 Å². The Bertz CT molecular complexity index is 2410. The molecule has 0 saturated heterocycles. The van der Waals surface area contributed by atoms with Crippen LogP contribution in [0.2, 0.25) is 0 Å². The Balaban J connectivity index is 1.13. The predicted octanol–water partition coefficient (Wildman–Crippen LogP) is 11.2. The summed E-state index contributed by atoms with van der Waals surface area (Å²) in [5.74, 6) is 0. The average molecular weight is 561 g/mol. The van der Waals surface area contributed by atoms with E-state index in [0.29, 0.717) is 0 Å².